The van der Waals surface area contributed by atoms with Crippen molar-refractivity contribution in [3.05, 3.63) is 247 Å². The maximum Gasteiger partial charge on any atom is 0.145 e. The second-order valence-electron chi connectivity index (χ2n) is 14.8. The van der Waals surface area contributed by atoms with Crippen LogP contribution in [0, 0.1) is 0 Å². The Kier molecular flexibility index (Phi) is 7.75. The smallest absolute Gasteiger partial charge is 0.145 e. The van der Waals surface area contributed by atoms with Gasteiger partial charge in [-0.15, -0.1) is 0 Å². The average molecular weight is 728 g/mol. The number of para-hydroxylation sites is 1. The molecule has 11 rings (SSSR count). The van der Waals surface area contributed by atoms with Crippen molar-refractivity contribution in [2.75, 3.05) is 4.90 Å². The predicted octanol–water partition coefficient (Wildman–Crippen LogP) is 14.8. The van der Waals surface area contributed by atoms with Gasteiger partial charge in [0.25, 0.3) is 0 Å². The molecular weight excluding hydrogens is 691 g/mol. The largest absolute Gasteiger partial charge is 0.455 e. The molecule has 0 atom stereocenters. The predicted molar refractivity (Wildman–Crippen MR) is 237 cm³/mol. The van der Waals surface area contributed by atoms with Crippen LogP contribution in [-0.4, -0.2) is 0 Å². The topological polar surface area (TPSA) is 16.4 Å². The molecule has 1 aliphatic rings. The molecule has 0 fully saturated rings. The van der Waals surface area contributed by atoms with E-state index in [1.807, 2.05) is 0 Å². The van der Waals surface area contributed by atoms with Crippen LogP contribution in [0.4, 0.5) is 17.1 Å². The number of hydrogen-bond donors (Lipinski definition) is 0. The standard InChI is InChI=1S/C55H37NO/c1-5-18-38(19-6-1)40-22-17-27-43(36-40)56(51-35-34-45(39-20-7-2-8-21-39)54-53(51)48-29-14-16-31-52(48)57-54)44-32-33-47-46-28-13-15-30-49(46)55(50(47)37-44,41-23-9-3-10-24-41)42-25-11-4-12-26-42/h1-37H. The molecular formula is C55H37NO. The second kappa shape index (κ2) is 13.4. The fourth-order valence-corrected chi connectivity index (χ4v) is 9.30. The molecule has 2 heteroatoms. The van der Waals surface area contributed by atoms with Crippen molar-refractivity contribution in [2.45, 2.75) is 5.41 Å². The molecule has 0 saturated heterocycles. The summed E-state index contributed by atoms with van der Waals surface area (Å²) in [7, 11) is 0. The fourth-order valence-electron chi connectivity index (χ4n) is 9.30. The van der Waals surface area contributed by atoms with Crippen molar-refractivity contribution in [2.24, 2.45) is 0 Å². The normalized spacial score (nSPS) is 12.7. The molecule has 9 aromatic carbocycles. The third kappa shape index (κ3) is 5.18. The Balaban J connectivity index is 1.23. The molecule has 1 aromatic heterocycles. The summed E-state index contributed by atoms with van der Waals surface area (Å²) in [5, 5.41) is 2.17. The summed E-state index contributed by atoms with van der Waals surface area (Å²) in [6.45, 7) is 0. The van der Waals surface area contributed by atoms with Gasteiger partial charge >= 0.3 is 0 Å². The molecule has 268 valence electrons. The molecule has 57 heavy (non-hydrogen) atoms. The average Bonchev–Trinajstić information content (AvgIpc) is 3.82. The monoisotopic (exact) mass is 727 g/mol. The van der Waals surface area contributed by atoms with E-state index in [4.69, 9.17) is 4.42 Å². The molecule has 0 amide bonds. The zero-order valence-corrected chi connectivity index (χ0v) is 31.2. The van der Waals surface area contributed by atoms with Crippen LogP contribution in [0.1, 0.15) is 22.3 Å². The van der Waals surface area contributed by atoms with Gasteiger partial charge in [-0.05, 0) is 92.5 Å². The lowest BCUT2D eigenvalue weighted by atomic mass is 9.67. The van der Waals surface area contributed by atoms with Crippen molar-refractivity contribution in [1.82, 2.24) is 0 Å². The Morgan fingerprint density at radius 1 is 0.368 bits per heavy atom. The van der Waals surface area contributed by atoms with Crippen molar-refractivity contribution < 1.29 is 4.42 Å². The molecule has 0 N–H and O–H groups in total. The minimum Gasteiger partial charge on any atom is -0.455 e. The van der Waals surface area contributed by atoms with Crippen LogP contribution in [0.2, 0.25) is 0 Å². The molecule has 10 aromatic rings. The summed E-state index contributed by atoms with van der Waals surface area (Å²) in [6, 6.07) is 81.2. The zero-order valence-electron chi connectivity index (χ0n) is 31.2. The zero-order chi connectivity index (χ0) is 37.8. The van der Waals surface area contributed by atoms with Crippen LogP contribution >= 0.6 is 0 Å². The summed E-state index contributed by atoms with van der Waals surface area (Å²) in [4.78, 5) is 2.44. The Morgan fingerprint density at radius 2 is 0.930 bits per heavy atom. The van der Waals surface area contributed by atoms with Crippen molar-refractivity contribution >= 4 is 39.0 Å². The van der Waals surface area contributed by atoms with E-state index < -0.39 is 5.41 Å². The molecule has 1 heterocycles. The lowest BCUT2D eigenvalue weighted by molar-refractivity contribution is 0.670. The number of nitrogens with zero attached hydrogens (tertiary/aromatic N) is 1. The van der Waals surface area contributed by atoms with E-state index >= 15 is 0 Å². The molecule has 0 bridgehead atoms. The number of furan rings is 1. The van der Waals surface area contributed by atoms with Crippen molar-refractivity contribution in [1.29, 1.82) is 0 Å². The lowest BCUT2D eigenvalue weighted by Gasteiger charge is -2.35. The van der Waals surface area contributed by atoms with Crippen LogP contribution < -0.4 is 4.90 Å². The van der Waals surface area contributed by atoms with Gasteiger partial charge in [-0.1, -0.05) is 182 Å². The molecule has 0 aliphatic heterocycles. The van der Waals surface area contributed by atoms with E-state index in [2.05, 4.69) is 229 Å². The molecule has 0 unspecified atom stereocenters. The highest BCUT2D eigenvalue weighted by atomic mass is 16.3. The fraction of sp³-hybridized carbons (Fsp3) is 0.0182. The Bertz CT molecular complexity index is 3020. The number of benzene rings is 9. The molecule has 2 nitrogen and oxygen atoms in total. The van der Waals surface area contributed by atoms with Gasteiger partial charge in [-0.3, -0.25) is 0 Å². The highest BCUT2D eigenvalue weighted by molar-refractivity contribution is 6.17. The first-order valence-electron chi connectivity index (χ1n) is 19.6. The first-order chi connectivity index (χ1) is 28.3. The SMILES string of the molecule is c1ccc(-c2cccc(N(c3ccc4c(c3)C(c3ccccc3)(c3ccccc3)c3ccccc3-4)c3ccc(-c4ccccc4)c4oc5ccccc5c34)c2)cc1. The van der Waals surface area contributed by atoms with Gasteiger partial charge in [-0.25, -0.2) is 0 Å². The first-order valence-corrected chi connectivity index (χ1v) is 19.6. The second-order valence-corrected chi connectivity index (χ2v) is 14.8. The van der Waals surface area contributed by atoms with E-state index in [9.17, 15) is 0 Å². The Hall–Kier alpha value is -7.42. The lowest BCUT2D eigenvalue weighted by Crippen LogP contribution is -2.28. The Labute approximate surface area is 332 Å². The summed E-state index contributed by atoms with van der Waals surface area (Å²) in [6.07, 6.45) is 0. The summed E-state index contributed by atoms with van der Waals surface area (Å²) in [5.74, 6) is 0. The van der Waals surface area contributed by atoms with Crippen molar-refractivity contribution in [3.63, 3.8) is 0 Å². The van der Waals surface area contributed by atoms with Gasteiger partial charge in [0.15, 0.2) is 0 Å². The number of fused-ring (bicyclic) bond motifs is 6. The number of anilines is 3. The van der Waals surface area contributed by atoms with Gasteiger partial charge in [-0.2, -0.15) is 0 Å². The van der Waals surface area contributed by atoms with Crippen LogP contribution in [0.25, 0.3) is 55.3 Å². The number of hydrogen-bond acceptors (Lipinski definition) is 2. The van der Waals surface area contributed by atoms with Crippen LogP contribution in [0.5, 0.6) is 0 Å². The van der Waals surface area contributed by atoms with E-state index in [-0.39, 0.29) is 0 Å². The van der Waals surface area contributed by atoms with E-state index in [0.717, 1.165) is 55.7 Å². The molecule has 0 spiro atoms. The third-order valence-corrected chi connectivity index (χ3v) is 11.7. The summed E-state index contributed by atoms with van der Waals surface area (Å²) in [5.41, 5.74) is 16.5. The minimum absolute atomic E-state index is 0.531. The maximum atomic E-state index is 6.83. The quantitative estimate of drug-likeness (QED) is 0.163. The molecule has 0 radical (unpaired) electrons. The van der Waals surface area contributed by atoms with Gasteiger partial charge in [0.1, 0.15) is 11.2 Å². The van der Waals surface area contributed by atoms with E-state index in [1.165, 1.54) is 38.9 Å². The van der Waals surface area contributed by atoms with E-state index in [0.29, 0.717) is 0 Å². The summed E-state index contributed by atoms with van der Waals surface area (Å²) < 4.78 is 6.83. The summed E-state index contributed by atoms with van der Waals surface area (Å²) >= 11 is 0. The van der Waals surface area contributed by atoms with Gasteiger partial charge in [0.05, 0.1) is 16.5 Å². The maximum absolute atomic E-state index is 6.83. The van der Waals surface area contributed by atoms with Gasteiger partial charge < -0.3 is 9.32 Å². The van der Waals surface area contributed by atoms with Gasteiger partial charge in [0, 0.05) is 22.3 Å². The highest BCUT2D eigenvalue weighted by Gasteiger charge is 2.46. The number of rotatable bonds is 7. The molecule has 0 saturated carbocycles. The minimum atomic E-state index is -0.531. The van der Waals surface area contributed by atoms with Crippen LogP contribution in [-0.2, 0) is 5.41 Å². The van der Waals surface area contributed by atoms with Crippen molar-refractivity contribution in [3.8, 4) is 33.4 Å². The third-order valence-electron chi connectivity index (χ3n) is 11.7. The van der Waals surface area contributed by atoms with E-state index in [1.54, 1.807) is 0 Å². The Morgan fingerprint density at radius 3 is 1.67 bits per heavy atom. The van der Waals surface area contributed by atoms with Crippen LogP contribution in [0.3, 0.4) is 0 Å². The first kappa shape index (κ1) is 33.0. The highest BCUT2D eigenvalue weighted by Crippen LogP contribution is 2.57. The van der Waals surface area contributed by atoms with Gasteiger partial charge in [0.2, 0.25) is 0 Å². The molecule has 1 aliphatic carbocycles. The van der Waals surface area contributed by atoms with Crippen LogP contribution in [0.15, 0.2) is 229 Å².